The number of aromatic nitrogens is 1. The van der Waals surface area contributed by atoms with E-state index in [0.29, 0.717) is 6.54 Å². The van der Waals surface area contributed by atoms with Crippen LogP contribution in [0.15, 0.2) is 60.0 Å². The number of primary amides is 1. The van der Waals surface area contributed by atoms with Crippen LogP contribution in [0.25, 0.3) is 10.6 Å². The van der Waals surface area contributed by atoms with Crippen LogP contribution in [-0.2, 0) is 17.8 Å². The molecule has 0 aliphatic heterocycles. The first-order valence-corrected chi connectivity index (χ1v) is 10.6. The normalized spacial score (nSPS) is 12.2. The van der Waals surface area contributed by atoms with E-state index < -0.39 is 0 Å². The van der Waals surface area contributed by atoms with E-state index in [9.17, 15) is 4.79 Å². The van der Waals surface area contributed by atoms with Crippen LogP contribution < -0.4 is 5.73 Å². The zero-order valence-corrected chi connectivity index (χ0v) is 17.3. The molecule has 0 aliphatic rings. The maximum absolute atomic E-state index is 11.7. The number of carbonyl (C=O) groups is 1. The van der Waals surface area contributed by atoms with Crippen molar-refractivity contribution in [1.29, 1.82) is 0 Å². The minimum absolute atomic E-state index is 0.0741. The molecule has 146 valence electrons. The molecule has 0 bridgehead atoms. The molecule has 2 N–H and O–H groups in total. The number of carbonyl (C=O) groups excluding carboxylic acids is 1. The van der Waals surface area contributed by atoms with Gasteiger partial charge in [0.1, 0.15) is 5.01 Å². The monoisotopic (exact) mass is 393 g/mol. The summed E-state index contributed by atoms with van der Waals surface area (Å²) >= 11 is 1.62. The van der Waals surface area contributed by atoms with Crippen LogP contribution in [0.5, 0.6) is 0 Å². The third kappa shape index (κ3) is 5.27. The highest BCUT2D eigenvalue weighted by Gasteiger charge is 2.19. The molecule has 0 saturated carbocycles. The highest BCUT2D eigenvalue weighted by molar-refractivity contribution is 7.13. The lowest BCUT2D eigenvalue weighted by Gasteiger charge is -2.27. The molecule has 0 aliphatic carbocycles. The van der Waals surface area contributed by atoms with Gasteiger partial charge in [-0.15, -0.1) is 11.3 Å². The van der Waals surface area contributed by atoms with E-state index in [1.54, 1.807) is 11.3 Å². The number of nitrogens with zero attached hydrogens (tertiary/aromatic N) is 2. The molecule has 3 rings (SSSR count). The predicted octanol–water partition coefficient (Wildman–Crippen LogP) is 4.81. The average Bonchev–Trinajstić information content (AvgIpc) is 3.17. The Morgan fingerprint density at radius 2 is 1.86 bits per heavy atom. The van der Waals surface area contributed by atoms with Crippen molar-refractivity contribution in [2.45, 2.75) is 39.3 Å². The van der Waals surface area contributed by atoms with Gasteiger partial charge >= 0.3 is 0 Å². The first-order chi connectivity index (χ1) is 13.6. The van der Waals surface area contributed by atoms with Gasteiger partial charge in [-0.3, -0.25) is 9.69 Å². The summed E-state index contributed by atoms with van der Waals surface area (Å²) < 4.78 is 0. The van der Waals surface area contributed by atoms with Crippen molar-refractivity contribution in [1.82, 2.24) is 9.88 Å². The van der Waals surface area contributed by atoms with Crippen LogP contribution in [-0.4, -0.2) is 22.3 Å². The van der Waals surface area contributed by atoms with Gasteiger partial charge in [-0.25, -0.2) is 4.98 Å². The SMILES string of the molecule is CCCc1ccc([C@H](C)N(CC(N)=O)Cc2csc(-c3ccccc3)n2)cc1. The van der Waals surface area contributed by atoms with Crippen molar-refractivity contribution in [3.05, 3.63) is 76.8 Å². The van der Waals surface area contributed by atoms with Crippen LogP contribution in [0.1, 0.15) is 43.1 Å². The zero-order valence-electron chi connectivity index (χ0n) is 16.5. The number of rotatable bonds is 9. The second kappa shape index (κ2) is 9.62. The molecule has 1 amide bonds. The third-order valence-corrected chi connectivity index (χ3v) is 5.79. The van der Waals surface area contributed by atoms with Crippen molar-refractivity contribution >= 4 is 17.2 Å². The van der Waals surface area contributed by atoms with Crippen LogP contribution in [0.2, 0.25) is 0 Å². The molecule has 0 fully saturated rings. The van der Waals surface area contributed by atoms with Crippen molar-refractivity contribution in [3.63, 3.8) is 0 Å². The van der Waals surface area contributed by atoms with E-state index in [2.05, 4.69) is 60.5 Å². The number of hydrogen-bond acceptors (Lipinski definition) is 4. The van der Waals surface area contributed by atoms with Crippen LogP contribution in [0.3, 0.4) is 0 Å². The summed E-state index contributed by atoms with van der Waals surface area (Å²) in [5.74, 6) is -0.326. The Bertz CT molecular complexity index is 890. The molecule has 1 aromatic heterocycles. The Morgan fingerprint density at radius 1 is 1.14 bits per heavy atom. The van der Waals surface area contributed by atoms with Gasteiger partial charge in [-0.05, 0) is 24.5 Å². The molecule has 2 aromatic carbocycles. The molecule has 3 aromatic rings. The van der Waals surface area contributed by atoms with Gasteiger partial charge in [0.15, 0.2) is 0 Å². The first kappa shape index (κ1) is 20.2. The van der Waals surface area contributed by atoms with E-state index in [1.807, 2.05) is 18.2 Å². The van der Waals surface area contributed by atoms with E-state index in [-0.39, 0.29) is 18.5 Å². The van der Waals surface area contributed by atoms with Gasteiger partial charge in [-0.1, -0.05) is 67.9 Å². The van der Waals surface area contributed by atoms with E-state index in [0.717, 1.165) is 29.1 Å². The fraction of sp³-hybridized carbons (Fsp3) is 0.304. The minimum Gasteiger partial charge on any atom is -0.369 e. The average molecular weight is 394 g/mol. The van der Waals surface area contributed by atoms with E-state index >= 15 is 0 Å². The molecular weight excluding hydrogens is 366 g/mol. The number of thiazole rings is 1. The van der Waals surface area contributed by atoms with E-state index in [4.69, 9.17) is 10.7 Å². The molecule has 28 heavy (non-hydrogen) atoms. The quantitative estimate of drug-likeness (QED) is 0.567. The van der Waals surface area contributed by atoms with E-state index in [1.165, 1.54) is 11.1 Å². The molecule has 1 atom stereocenters. The standard InChI is InChI=1S/C23H27N3OS/c1-3-7-18-10-12-19(13-11-18)17(2)26(15-22(24)27)14-21-16-28-23(25-21)20-8-5-4-6-9-20/h4-6,8-13,16-17H,3,7,14-15H2,1-2H3,(H2,24,27)/t17-/m0/s1. The Balaban J connectivity index is 1.76. The maximum Gasteiger partial charge on any atom is 0.231 e. The minimum atomic E-state index is -0.326. The van der Waals surface area contributed by atoms with Crippen LogP contribution in [0.4, 0.5) is 0 Å². The highest BCUT2D eigenvalue weighted by atomic mass is 32.1. The van der Waals surface area contributed by atoms with Gasteiger partial charge < -0.3 is 5.73 Å². The lowest BCUT2D eigenvalue weighted by Crippen LogP contribution is -2.35. The molecule has 0 spiro atoms. The fourth-order valence-corrected chi connectivity index (χ4v) is 4.11. The lowest BCUT2D eigenvalue weighted by atomic mass is 10.0. The van der Waals surface area contributed by atoms with Crippen LogP contribution in [0, 0.1) is 0 Å². The van der Waals surface area contributed by atoms with Gasteiger partial charge in [-0.2, -0.15) is 0 Å². The Kier molecular flexibility index (Phi) is 6.95. The highest BCUT2D eigenvalue weighted by Crippen LogP contribution is 2.27. The van der Waals surface area contributed by atoms with Gasteiger partial charge in [0.05, 0.1) is 12.2 Å². The molecule has 0 unspecified atom stereocenters. The molecule has 0 saturated heterocycles. The van der Waals surface area contributed by atoms with Gasteiger partial charge in [0, 0.05) is 23.5 Å². The number of benzene rings is 2. The fourth-order valence-electron chi connectivity index (χ4n) is 3.29. The van der Waals surface area contributed by atoms with Crippen molar-refractivity contribution < 1.29 is 4.79 Å². The number of nitrogens with two attached hydrogens (primary N) is 1. The molecular formula is C23H27N3OS. The summed E-state index contributed by atoms with van der Waals surface area (Å²) in [6.07, 6.45) is 2.22. The Hall–Kier alpha value is -2.50. The summed E-state index contributed by atoms with van der Waals surface area (Å²) in [6.45, 7) is 5.09. The maximum atomic E-state index is 11.7. The topological polar surface area (TPSA) is 59.2 Å². The summed E-state index contributed by atoms with van der Waals surface area (Å²) in [5, 5.41) is 3.05. The second-order valence-corrected chi connectivity index (χ2v) is 7.91. The molecule has 0 radical (unpaired) electrons. The van der Waals surface area contributed by atoms with Crippen molar-refractivity contribution in [2.75, 3.05) is 6.54 Å². The van der Waals surface area contributed by atoms with Crippen LogP contribution >= 0.6 is 11.3 Å². The molecule has 1 heterocycles. The van der Waals surface area contributed by atoms with Crippen molar-refractivity contribution in [3.8, 4) is 10.6 Å². The van der Waals surface area contributed by atoms with Crippen molar-refractivity contribution in [2.24, 2.45) is 5.73 Å². The number of hydrogen-bond donors (Lipinski definition) is 1. The summed E-state index contributed by atoms with van der Waals surface area (Å²) in [7, 11) is 0. The van der Waals surface area contributed by atoms with Gasteiger partial charge in [0.2, 0.25) is 5.91 Å². The number of amides is 1. The summed E-state index contributed by atoms with van der Waals surface area (Å²) in [4.78, 5) is 18.5. The summed E-state index contributed by atoms with van der Waals surface area (Å²) in [6, 6.07) is 18.9. The second-order valence-electron chi connectivity index (χ2n) is 7.05. The third-order valence-electron chi connectivity index (χ3n) is 4.85. The molecule has 4 nitrogen and oxygen atoms in total. The largest absolute Gasteiger partial charge is 0.369 e. The molecule has 5 heteroatoms. The predicted molar refractivity (Wildman–Crippen MR) is 116 cm³/mol. The smallest absolute Gasteiger partial charge is 0.231 e. The summed E-state index contributed by atoms with van der Waals surface area (Å²) in [5.41, 5.74) is 10.1. The Labute approximate surface area is 171 Å². The number of aryl methyl sites for hydroxylation is 1. The first-order valence-electron chi connectivity index (χ1n) is 9.68. The van der Waals surface area contributed by atoms with Gasteiger partial charge in [0.25, 0.3) is 0 Å². The zero-order chi connectivity index (χ0) is 19.9. The lowest BCUT2D eigenvalue weighted by molar-refractivity contribution is -0.119. The Morgan fingerprint density at radius 3 is 2.50 bits per heavy atom.